The molecule has 0 spiro atoms. The van der Waals surface area contributed by atoms with Gasteiger partial charge in [0.15, 0.2) is 0 Å². The van der Waals surface area contributed by atoms with Crippen molar-refractivity contribution in [2.75, 3.05) is 5.32 Å². The van der Waals surface area contributed by atoms with Crippen molar-refractivity contribution in [3.8, 4) is 16.9 Å². The molecule has 0 bridgehead atoms. The van der Waals surface area contributed by atoms with Gasteiger partial charge in [-0.3, -0.25) is 4.79 Å². The number of benzene rings is 3. The molecule has 0 atom stereocenters. The van der Waals surface area contributed by atoms with Crippen LogP contribution >= 0.6 is 0 Å². The predicted molar refractivity (Wildman–Crippen MR) is 113 cm³/mol. The Morgan fingerprint density at radius 3 is 2.38 bits per heavy atom. The summed E-state index contributed by atoms with van der Waals surface area (Å²) in [6, 6.07) is 18.7. The monoisotopic (exact) mass is 410 g/mol. The summed E-state index contributed by atoms with van der Waals surface area (Å²) in [5.41, 5.74) is 3.57. The Morgan fingerprint density at radius 1 is 1.03 bits per heavy atom. The molecule has 3 aromatic carbocycles. The highest BCUT2D eigenvalue weighted by atomic mass is 32.2. The van der Waals surface area contributed by atoms with Crippen molar-refractivity contribution in [2.24, 2.45) is 5.14 Å². The number of aromatic hydroxyl groups is 1. The number of sulfonamides is 1. The van der Waals surface area contributed by atoms with E-state index in [9.17, 15) is 18.3 Å². The SMILES string of the molecule is Cc1cc(CCC(=O)Nc2ccc(-c3ccccc3S(N)(=O)=O)cc2)ccc1O. The maximum Gasteiger partial charge on any atom is 0.238 e. The van der Waals surface area contributed by atoms with Gasteiger partial charge in [-0.15, -0.1) is 0 Å². The average Bonchev–Trinajstić information content (AvgIpc) is 2.69. The number of aryl methyl sites for hydroxylation is 2. The Kier molecular flexibility index (Phi) is 6.00. The van der Waals surface area contributed by atoms with E-state index >= 15 is 0 Å². The van der Waals surface area contributed by atoms with E-state index in [4.69, 9.17) is 5.14 Å². The second-order valence-corrected chi connectivity index (χ2v) is 8.32. The van der Waals surface area contributed by atoms with E-state index in [1.165, 1.54) is 6.07 Å². The van der Waals surface area contributed by atoms with Gasteiger partial charge < -0.3 is 10.4 Å². The normalized spacial score (nSPS) is 11.2. The van der Waals surface area contributed by atoms with Crippen molar-refractivity contribution in [3.63, 3.8) is 0 Å². The zero-order valence-corrected chi connectivity index (χ0v) is 16.7. The molecule has 150 valence electrons. The molecule has 3 aromatic rings. The zero-order chi connectivity index (χ0) is 21.0. The van der Waals surface area contributed by atoms with Crippen LogP contribution in [0.4, 0.5) is 5.69 Å². The minimum Gasteiger partial charge on any atom is -0.508 e. The fourth-order valence-corrected chi connectivity index (χ4v) is 3.80. The molecule has 0 radical (unpaired) electrons. The van der Waals surface area contributed by atoms with Crippen LogP contribution in [0, 0.1) is 6.92 Å². The number of hydrogen-bond acceptors (Lipinski definition) is 4. The number of nitrogens with one attached hydrogen (secondary N) is 1. The van der Waals surface area contributed by atoms with E-state index in [0.717, 1.165) is 11.1 Å². The first-order chi connectivity index (χ1) is 13.7. The summed E-state index contributed by atoms with van der Waals surface area (Å²) in [6.45, 7) is 1.81. The van der Waals surface area contributed by atoms with E-state index in [1.54, 1.807) is 54.6 Å². The van der Waals surface area contributed by atoms with Crippen LogP contribution in [0.5, 0.6) is 5.75 Å². The molecule has 1 amide bonds. The van der Waals surface area contributed by atoms with Crippen LogP contribution < -0.4 is 10.5 Å². The number of primary sulfonamides is 1. The van der Waals surface area contributed by atoms with Crippen LogP contribution in [0.3, 0.4) is 0 Å². The molecule has 0 saturated heterocycles. The van der Waals surface area contributed by atoms with Crippen molar-refractivity contribution in [1.29, 1.82) is 0 Å². The summed E-state index contributed by atoms with van der Waals surface area (Å²) in [7, 11) is -3.84. The van der Waals surface area contributed by atoms with Gasteiger partial charge in [-0.1, -0.05) is 42.5 Å². The van der Waals surface area contributed by atoms with Crippen LogP contribution in [0.2, 0.25) is 0 Å². The average molecular weight is 410 g/mol. The number of carbonyl (C=O) groups excluding carboxylic acids is 1. The lowest BCUT2D eigenvalue weighted by Gasteiger charge is -2.10. The second kappa shape index (κ2) is 8.46. The van der Waals surface area contributed by atoms with Gasteiger partial charge in [-0.25, -0.2) is 13.6 Å². The maximum absolute atomic E-state index is 12.2. The quantitative estimate of drug-likeness (QED) is 0.577. The van der Waals surface area contributed by atoms with Gasteiger partial charge in [0.25, 0.3) is 0 Å². The van der Waals surface area contributed by atoms with E-state index in [2.05, 4.69) is 5.32 Å². The van der Waals surface area contributed by atoms with Gasteiger partial charge in [0, 0.05) is 17.7 Å². The van der Waals surface area contributed by atoms with E-state index in [1.807, 2.05) is 13.0 Å². The van der Waals surface area contributed by atoms with Crippen LogP contribution in [0.25, 0.3) is 11.1 Å². The van der Waals surface area contributed by atoms with Crippen molar-refractivity contribution in [2.45, 2.75) is 24.7 Å². The molecule has 29 heavy (non-hydrogen) atoms. The Hall–Kier alpha value is -3.16. The number of amides is 1. The van der Waals surface area contributed by atoms with Gasteiger partial charge in [0.2, 0.25) is 15.9 Å². The highest BCUT2D eigenvalue weighted by Crippen LogP contribution is 2.27. The van der Waals surface area contributed by atoms with Gasteiger partial charge in [0.1, 0.15) is 5.75 Å². The number of anilines is 1. The summed E-state index contributed by atoms with van der Waals surface area (Å²) in [4.78, 5) is 12.3. The summed E-state index contributed by atoms with van der Waals surface area (Å²) in [5.74, 6) is 0.107. The van der Waals surface area contributed by atoms with Gasteiger partial charge in [-0.2, -0.15) is 0 Å². The number of carbonyl (C=O) groups is 1. The van der Waals surface area contributed by atoms with Crippen molar-refractivity contribution in [3.05, 3.63) is 77.9 Å². The molecule has 0 fully saturated rings. The molecule has 0 saturated carbocycles. The first-order valence-corrected chi connectivity index (χ1v) is 10.6. The Bertz CT molecular complexity index is 1140. The van der Waals surface area contributed by atoms with Crippen molar-refractivity contribution < 1.29 is 18.3 Å². The molecule has 0 unspecified atom stereocenters. The number of hydrogen-bond donors (Lipinski definition) is 3. The van der Waals surface area contributed by atoms with Gasteiger partial charge in [0.05, 0.1) is 4.90 Å². The molecule has 0 aliphatic carbocycles. The van der Waals surface area contributed by atoms with Crippen molar-refractivity contribution >= 4 is 21.6 Å². The van der Waals surface area contributed by atoms with Crippen LogP contribution in [0.1, 0.15) is 17.5 Å². The number of nitrogens with two attached hydrogens (primary N) is 1. The molecule has 0 heterocycles. The second-order valence-electron chi connectivity index (χ2n) is 6.79. The molecule has 0 aliphatic heterocycles. The summed E-state index contributed by atoms with van der Waals surface area (Å²) < 4.78 is 23.5. The summed E-state index contributed by atoms with van der Waals surface area (Å²) in [5, 5.41) is 17.7. The lowest BCUT2D eigenvalue weighted by molar-refractivity contribution is -0.116. The predicted octanol–water partition coefficient (Wildman–Crippen LogP) is 3.59. The zero-order valence-electron chi connectivity index (χ0n) is 15.9. The molecule has 0 aromatic heterocycles. The van der Waals surface area contributed by atoms with E-state index in [0.29, 0.717) is 29.7 Å². The minimum absolute atomic E-state index is 0.0565. The topological polar surface area (TPSA) is 109 Å². The maximum atomic E-state index is 12.2. The van der Waals surface area contributed by atoms with E-state index < -0.39 is 10.0 Å². The molecule has 6 nitrogen and oxygen atoms in total. The lowest BCUT2D eigenvalue weighted by Crippen LogP contribution is -2.13. The highest BCUT2D eigenvalue weighted by Gasteiger charge is 2.14. The summed E-state index contributed by atoms with van der Waals surface area (Å²) in [6.07, 6.45) is 0.868. The van der Waals surface area contributed by atoms with Crippen LogP contribution in [-0.2, 0) is 21.2 Å². The molecular weight excluding hydrogens is 388 g/mol. The smallest absolute Gasteiger partial charge is 0.238 e. The highest BCUT2D eigenvalue weighted by molar-refractivity contribution is 7.89. The first-order valence-electron chi connectivity index (χ1n) is 9.04. The first kappa shape index (κ1) is 20.6. The third-order valence-electron chi connectivity index (χ3n) is 4.58. The van der Waals surface area contributed by atoms with E-state index in [-0.39, 0.29) is 16.6 Å². The fraction of sp³-hybridized carbons (Fsp3) is 0.136. The lowest BCUT2D eigenvalue weighted by atomic mass is 10.0. The Balaban J connectivity index is 1.66. The van der Waals surface area contributed by atoms with Crippen LogP contribution in [0.15, 0.2) is 71.6 Å². The van der Waals surface area contributed by atoms with Gasteiger partial charge >= 0.3 is 0 Å². The van der Waals surface area contributed by atoms with Gasteiger partial charge in [-0.05, 0) is 54.3 Å². The Morgan fingerprint density at radius 2 is 1.72 bits per heavy atom. The molecule has 4 N–H and O–H groups in total. The molecule has 7 heteroatoms. The molecule has 3 rings (SSSR count). The molecular formula is C22H22N2O4S. The van der Waals surface area contributed by atoms with Crippen LogP contribution in [-0.4, -0.2) is 19.4 Å². The Labute approximate surface area is 170 Å². The number of rotatable bonds is 6. The largest absolute Gasteiger partial charge is 0.508 e. The van der Waals surface area contributed by atoms with Crippen molar-refractivity contribution in [1.82, 2.24) is 0 Å². The standard InChI is InChI=1S/C22H22N2O4S/c1-15-14-16(6-12-20(15)25)7-13-22(26)24-18-10-8-17(9-11-18)19-4-2-3-5-21(19)29(23,27)28/h2-6,8-12,14,25H,7,13H2,1H3,(H,24,26)(H2,23,27,28). The fourth-order valence-electron chi connectivity index (χ4n) is 3.04. The minimum atomic E-state index is -3.84. The summed E-state index contributed by atoms with van der Waals surface area (Å²) >= 11 is 0. The molecule has 0 aliphatic rings. The number of phenols is 1. The number of phenolic OH excluding ortho intramolecular Hbond substituents is 1. The third kappa shape index (κ3) is 5.22. The third-order valence-corrected chi connectivity index (χ3v) is 5.54.